The molecule has 1 atom stereocenters. The average Bonchev–Trinajstić information content (AvgIpc) is 2.28. The Morgan fingerprint density at radius 3 is 2.68 bits per heavy atom. The van der Waals surface area contributed by atoms with Gasteiger partial charge in [0, 0.05) is 10.4 Å². The minimum absolute atomic E-state index is 0.0849. The van der Waals surface area contributed by atoms with Gasteiger partial charge in [-0.15, -0.1) is 0 Å². The molecule has 1 aliphatic rings. The molecule has 1 aliphatic heterocycles. The van der Waals surface area contributed by atoms with E-state index in [4.69, 9.17) is 5.11 Å². The van der Waals surface area contributed by atoms with E-state index >= 15 is 0 Å². The molecule has 3 N–H and O–H groups in total. The summed E-state index contributed by atoms with van der Waals surface area (Å²) < 4.78 is 0.666. The molecule has 1 aromatic rings. The van der Waals surface area contributed by atoms with Gasteiger partial charge in [0.25, 0.3) is 0 Å². The third-order valence-electron chi connectivity index (χ3n) is 3.40. The summed E-state index contributed by atoms with van der Waals surface area (Å²) in [5, 5.41) is 14.9. The SMILES string of the molecule is CC(C(=O)Nc1ccc(Br)cc1C(=O)O)C1CNC1. The maximum atomic E-state index is 12.1. The lowest BCUT2D eigenvalue weighted by molar-refractivity contribution is -0.121. The first kappa shape index (κ1) is 14.0. The highest BCUT2D eigenvalue weighted by molar-refractivity contribution is 9.10. The summed E-state index contributed by atoms with van der Waals surface area (Å²) in [6.45, 7) is 3.53. The molecule has 0 radical (unpaired) electrons. The fourth-order valence-electron chi connectivity index (χ4n) is 1.93. The van der Waals surface area contributed by atoms with Crippen LogP contribution < -0.4 is 10.6 Å². The first-order valence-electron chi connectivity index (χ1n) is 6.03. The van der Waals surface area contributed by atoms with Gasteiger partial charge in [0.15, 0.2) is 0 Å². The quantitative estimate of drug-likeness (QED) is 0.790. The Morgan fingerprint density at radius 2 is 2.16 bits per heavy atom. The average molecular weight is 327 g/mol. The summed E-state index contributed by atoms with van der Waals surface area (Å²) in [7, 11) is 0. The molecule has 1 heterocycles. The van der Waals surface area contributed by atoms with Gasteiger partial charge in [-0.1, -0.05) is 22.9 Å². The predicted octanol–water partition coefficient (Wildman–Crippen LogP) is 1.94. The van der Waals surface area contributed by atoms with Crippen LogP contribution in [-0.4, -0.2) is 30.1 Å². The number of nitrogens with one attached hydrogen (secondary N) is 2. The first-order chi connectivity index (χ1) is 8.99. The molecule has 0 bridgehead atoms. The van der Waals surface area contributed by atoms with E-state index in [1.165, 1.54) is 6.07 Å². The van der Waals surface area contributed by atoms with E-state index < -0.39 is 5.97 Å². The van der Waals surface area contributed by atoms with Gasteiger partial charge in [-0.3, -0.25) is 4.79 Å². The number of hydrogen-bond donors (Lipinski definition) is 3. The van der Waals surface area contributed by atoms with E-state index in [1.807, 2.05) is 6.92 Å². The fraction of sp³-hybridized carbons (Fsp3) is 0.385. The molecule has 1 saturated heterocycles. The first-order valence-corrected chi connectivity index (χ1v) is 6.82. The number of anilines is 1. The van der Waals surface area contributed by atoms with Crippen LogP contribution in [-0.2, 0) is 4.79 Å². The number of carbonyl (C=O) groups is 2. The fourth-order valence-corrected chi connectivity index (χ4v) is 2.29. The van der Waals surface area contributed by atoms with E-state index in [9.17, 15) is 9.59 Å². The lowest BCUT2D eigenvalue weighted by atomic mass is 9.88. The second-order valence-electron chi connectivity index (χ2n) is 4.69. The van der Waals surface area contributed by atoms with Gasteiger partial charge in [0.05, 0.1) is 11.3 Å². The van der Waals surface area contributed by atoms with Gasteiger partial charge < -0.3 is 15.7 Å². The molecule has 1 amide bonds. The largest absolute Gasteiger partial charge is 0.478 e. The summed E-state index contributed by atoms with van der Waals surface area (Å²) in [4.78, 5) is 23.2. The Kier molecular flexibility index (Phi) is 4.21. The van der Waals surface area contributed by atoms with Crippen LogP contribution in [0.2, 0.25) is 0 Å². The number of hydrogen-bond acceptors (Lipinski definition) is 3. The lowest BCUT2D eigenvalue weighted by Crippen LogP contribution is -2.48. The molecule has 0 aromatic heterocycles. The van der Waals surface area contributed by atoms with Crippen molar-refractivity contribution in [3.05, 3.63) is 28.2 Å². The zero-order valence-corrected chi connectivity index (χ0v) is 12.0. The maximum Gasteiger partial charge on any atom is 0.337 e. The maximum absolute atomic E-state index is 12.1. The van der Waals surface area contributed by atoms with Gasteiger partial charge in [0.2, 0.25) is 5.91 Å². The monoisotopic (exact) mass is 326 g/mol. The normalized spacial score (nSPS) is 16.5. The Balaban J connectivity index is 2.13. The number of halogens is 1. The van der Waals surface area contributed by atoms with Crippen molar-refractivity contribution in [1.29, 1.82) is 0 Å². The van der Waals surface area contributed by atoms with Gasteiger partial charge in [-0.2, -0.15) is 0 Å². The number of carbonyl (C=O) groups excluding carboxylic acids is 1. The van der Waals surface area contributed by atoms with Crippen molar-refractivity contribution in [1.82, 2.24) is 5.32 Å². The van der Waals surface area contributed by atoms with Crippen LogP contribution in [0.3, 0.4) is 0 Å². The third-order valence-corrected chi connectivity index (χ3v) is 3.90. The Bertz CT molecular complexity index is 515. The zero-order chi connectivity index (χ0) is 14.0. The highest BCUT2D eigenvalue weighted by Gasteiger charge is 2.29. The summed E-state index contributed by atoms with van der Waals surface area (Å²) >= 11 is 3.22. The van der Waals surface area contributed by atoms with Crippen LogP contribution in [0.4, 0.5) is 5.69 Å². The Hall–Kier alpha value is -1.40. The molecule has 1 unspecified atom stereocenters. The van der Waals surface area contributed by atoms with Gasteiger partial charge in [0.1, 0.15) is 0 Å². The van der Waals surface area contributed by atoms with Crippen molar-refractivity contribution in [2.75, 3.05) is 18.4 Å². The molecule has 19 heavy (non-hydrogen) atoms. The molecule has 1 aromatic carbocycles. The van der Waals surface area contributed by atoms with E-state index in [0.717, 1.165) is 13.1 Å². The lowest BCUT2D eigenvalue weighted by Gasteiger charge is -2.31. The van der Waals surface area contributed by atoms with Crippen LogP contribution in [0.15, 0.2) is 22.7 Å². The van der Waals surface area contributed by atoms with Crippen LogP contribution in [0.25, 0.3) is 0 Å². The third kappa shape index (κ3) is 3.13. The second kappa shape index (κ2) is 5.71. The summed E-state index contributed by atoms with van der Waals surface area (Å²) in [6, 6.07) is 4.78. The van der Waals surface area contributed by atoms with Gasteiger partial charge >= 0.3 is 5.97 Å². The second-order valence-corrected chi connectivity index (χ2v) is 5.61. The molecule has 0 spiro atoms. The molecule has 102 valence electrons. The summed E-state index contributed by atoms with van der Waals surface area (Å²) in [5.74, 6) is -1.01. The highest BCUT2D eigenvalue weighted by Crippen LogP contribution is 2.23. The van der Waals surface area contributed by atoms with Crippen molar-refractivity contribution in [2.24, 2.45) is 11.8 Å². The van der Waals surface area contributed by atoms with E-state index in [1.54, 1.807) is 12.1 Å². The Labute approximate surface area is 119 Å². The van der Waals surface area contributed by atoms with Crippen LogP contribution in [0, 0.1) is 11.8 Å². The van der Waals surface area contributed by atoms with Crippen LogP contribution >= 0.6 is 15.9 Å². The van der Waals surface area contributed by atoms with Gasteiger partial charge in [-0.25, -0.2) is 4.79 Å². The zero-order valence-electron chi connectivity index (χ0n) is 10.4. The molecular formula is C13H15BrN2O3. The van der Waals surface area contributed by atoms with E-state index in [-0.39, 0.29) is 17.4 Å². The number of carboxylic acid groups (broad SMARTS) is 1. The van der Waals surface area contributed by atoms with Crippen molar-refractivity contribution >= 4 is 33.5 Å². The topological polar surface area (TPSA) is 78.4 Å². The number of carboxylic acids is 1. The summed E-state index contributed by atoms with van der Waals surface area (Å²) in [6.07, 6.45) is 0. The standard InChI is InChI=1S/C13H15BrN2O3/c1-7(8-5-15-6-8)12(17)16-11-3-2-9(14)4-10(11)13(18)19/h2-4,7-8,15H,5-6H2,1H3,(H,16,17)(H,18,19). The number of benzene rings is 1. The van der Waals surface area contributed by atoms with Crippen molar-refractivity contribution in [3.8, 4) is 0 Å². The van der Waals surface area contributed by atoms with Crippen LogP contribution in [0.1, 0.15) is 17.3 Å². The molecule has 0 saturated carbocycles. The molecular weight excluding hydrogens is 312 g/mol. The van der Waals surface area contributed by atoms with Crippen LogP contribution in [0.5, 0.6) is 0 Å². The molecule has 6 heteroatoms. The van der Waals surface area contributed by atoms with E-state index in [0.29, 0.717) is 16.1 Å². The number of amides is 1. The molecule has 1 fully saturated rings. The predicted molar refractivity (Wildman–Crippen MR) is 75.3 cm³/mol. The van der Waals surface area contributed by atoms with Crippen molar-refractivity contribution in [2.45, 2.75) is 6.92 Å². The minimum Gasteiger partial charge on any atom is -0.478 e. The van der Waals surface area contributed by atoms with Gasteiger partial charge in [-0.05, 0) is 37.2 Å². The van der Waals surface area contributed by atoms with Crippen molar-refractivity contribution in [3.63, 3.8) is 0 Å². The Morgan fingerprint density at radius 1 is 1.47 bits per heavy atom. The van der Waals surface area contributed by atoms with E-state index in [2.05, 4.69) is 26.6 Å². The molecule has 2 rings (SSSR count). The molecule has 5 nitrogen and oxygen atoms in total. The highest BCUT2D eigenvalue weighted by atomic mass is 79.9. The number of aromatic carboxylic acids is 1. The summed E-state index contributed by atoms with van der Waals surface area (Å²) in [5.41, 5.74) is 0.418. The smallest absolute Gasteiger partial charge is 0.337 e. The number of rotatable bonds is 4. The minimum atomic E-state index is -1.06. The molecule has 0 aliphatic carbocycles. The van der Waals surface area contributed by atoms with Crippen molar-refractivity contribution < 1.29 is 14.7 Å².